The average molecular weight is 341 g/mol. The first-order valence-corrected chi connectivity index (χ1v) is 7.44. The summed E-state index contributed by atoms with van der Waals surface area (Å²) in [7, 11) is 1.47. The van der Waals surface area contributed by atoms with Gasteiger partial charge < -0.3 is 14.9 Å². The van der Waals surface area contributed by atoms with Gasteiger partial charge in [0.25, 0.3) is 5.56 Å². The predicted octanol–water partition coefficient (Wildman–Crippen LogP) is 1.51. The van der Waals surface area contributed by atoms with Gasteiger partial charge in [-0.1, -0.05) is 30.3 Å². The van der Waals surface area contributed by atoms with E-state index in [1.807, 2.05) is 30.3 Å². The molecular weight excluding hydrogens is 326 g/mol. The Bertz CT molecular complexity index is 999. The van der Waals surface area contributed by atoms with Gasteiger partial charge in [-0.25, -0.2) is 14.8 Å². The Morgan fingerprint density at radius 3 is 2.64 bits per heavy atom. The molecule has 25 heavy (non-hydrogen) atoms. The number of benzene rings is 1. The Balaban J connectivity index is 2.33. The third-order valence-electron chi connectivity index (χ3n) is 3.74. The zero-order valence-corrected chi connectivity index (χ0v) is 13.3. The van der Waals surface area contributed by atoms with E-state index in [0.29, 0.717) is 5.82 Å². The molecule has 1 aromatic carbocycles. The van der Waals surface area contributed by atoms with Crippen LogP contribution >= 0.6 is 0 Å². The van der Waals surface area contributed by atoms with Crippen molar-refractivity contribution in [3.05, 3.63) is 52.4 Å². The van der Waals surface area contributed by atoms with Crippen LogP contribution in [0.4, 0.5) is 0 Å². The highest BCUT2D eigenvalue weighted by Crippen LogP contribution is 2.26. The minimum absolute atomic E-state index is 0.0905. The summed E-state index contributed by atoms with van der Waals surface area (Å²) < 4.78 is 6.16. The topological polar surface area (TPSA) is 115 Å². The lowest BCUT2D eigenvalue weighted by molar-refractivity contribution is 0.0691. The number of ether oxygens (including phenoxy) is 1. The highest BCUT2D eigenvalue weighted by molar-refractivity contribution is 5.97. The van der Waals surface area contributed by atoms with Crippen LogP contribution in [0.1, 0.15) is 10.4 Å². The summed E-state index contributed by atoms with van der Waals surface area (Å²) in [5.74, 6) is -1.79. The van der Waals surface area contributed by atoms with E-state index >= 15 is 0 Å². The molecule has 0 aliphatic carbocycles. The second-order valence-electron chi connectivity index (χ2n) is 5.28. The fourth-order valence-corrected chi connectivity index (χ4v) is 2.52. The number of aromatic hydroxyl groups is 1. The van der Waals surface area contributed by atoms with E-state index in [1.165, 1.54) is 17.9 Å². The fraction of sp³-hybridized carbons (Fsp3) is 0.176. The molecule has 0 fully saturated rings. The lowest BCUT2D eigenvalue weighted by Crippen LogP contribution is -2.29. The molecule has 128 valence electrons. The molecule has 3 aromatic rings. The predicted molar refractivity (Wildman–Crippen MR) is 89.7 cm³/mol. The number of rotatable bonds is 5. The van der Waals surface area contributed by atoms with Crippen LogP contribution in [0, 0.1) is 0 Å². The Morgan fingerprint density at radius 1 is 1.28 bits per heavy atom. The third kappa shape index (κ3) is 2.94. The summed E-state index contributed by atoms with van der Waals surface area (Å²) in [4.78, 5) is 32.4. The zero-order valence-electron chi connectivity index (χ0n) is 13.3. The number of carboxylic acids is 1. The fourth-order valence-electron chi connectivity index (χ4n) is 2.52. The van der Waals surface area contributed by atoms with Crippen LogP contribution in [0.15, 0.2) is 41.3 Å². The maximum Gasteiger partial charge on any atom is 0.345 e. The van der Waals surface area contributed by atoms with E-state index in [-0.39, 0.29) is 24.2 Å². The van der Waals surface area contributed by atoms with Crippen molar-refractivity contribution in [3.8, 4) is 17.1 Å². The monoisotopic (exact) mass is 341 g/mol. The van der Waals surface area contributed by atoms with Gasteiger partial charge >= 0.3 is 5.97 Å². The SMILES string of the molecule is COCCn1c(=O)c(C(=O)O)c(O)c2cnc(-c3ccccc3)nc21. The molecule has 0 atom stereocenters. The van der Waals surface area contributed by atoms with Gasteiger partial charge in [-0.05, 0) is 0 Å². The van der Waals surface area contributed by atoms with E-state index < -0.39 is 22.8 Å². The van der Waals surface area contributed by atoms with Crippen LogP contribution in [0.25, 0.3) is 22.4 Å². The van der Waals surface area contributed by atoms with Gasteiger partial charge in [0.05, 0.1) is 18.5 Å². The largest absolute Gasteiger partial charge is 0.506 e. The van der Waals surface area contributed by atoms with Crippen LogP contribution in [0.3, 0.4) is 0 Å². The van der Waals surface area contributed by atoms with Crippen LogP contribution in [-0.2, 0) is 11.3 Å². The molecule has 0 radical (unpaired) electrons. The Hall–Kier alpha value is -3.26. The van der Waals surface area contributed by atoms with E-state index in [1.54, 1.807) is 0 Å². The van der Waals surface area contributed by atoms with Crippen molar-refractivity contribution >= 4 is 17.0 Å². The number of pyridine rings is 1. The van der Waals surface area contributed by atoms with E-state index in [0.717, 1.165) is 5.56 Å². The van der Waals surface area contributed by atoms with E-state index in [4.69, 9.17) is 4.74 Å². The van der Waals surface area contributed by atoms with E-state index in [9.17, 15) is 19.8 Å². The van der Waals surface area contributed by atoms with Gasteiger partial charge in [0.1, 0.15) is 5.75 Å². The minimum atomic E-state index is -1.51. The third-order valence-corrected chi connectivity index (χ3v) is 3.74. The highest BCUT2D eigenvalue weighted by atomic mass is 16.5. The molecule has 2 aromatic heterocycles. The van der Waals surface area contributed by atoms with Crippen molar-refractivity contribution in [2.75, 3.05) is 13.7 Å². The van der Waals surface area contributed by atoms with Crippen LogP contribution in [-0.4, -0.2) is 44.4 Å². The quantitative estimate of drug-likeness (QED) is 0.723. The number of aromatic nitrogens is 3. The van der Waals surface area contributed by atoms with Gasteiger partial charge in [0, 0.05) is 18.9 Å². The molecular formula is C17H15N3O5. The Kier molecular flexibility index (Phi) is 4.44. The molecule has 0 aliphatic heterocycles. The van der Waals surface area contributed by atoms with E-state index in [2.05, 4.69) is 9.97 Å². The summed E-state index contributed by atoms with van der Waals surface area (Å²) in [5, 5.41) is 19.5. The maximum absolute atomic E-state index is 12.5. The standard InChI is InChI=1S/C17H15N3O5/c1-25-8-7-20-15-11(13(21)12(16(20)22)17(23)24)9-18-14(19-15)10-5-3-2-4-6-10/h2-6,9,21H,7-8H2,1H3,(H,23,24). The minimum Gasteiger partial charge on any atom is -0.506 e. The summed E-state index contributed by atoms with van der Waals surface area (Å²) in [6.07, 6.45) is 1.31. The van der Waals surface area contributed by atoms with Gasteiger partial charge in [-0.3, -0.25) is 9.36 Å². The highest BCUT2D eigenvalue weighted by Gasteiger charge is 2.23. The Labute approximate surface area is 142 Å². The number of hydrogen-bond donors (Lipinski definition) is 2. The van der Waals surface area contributed by atoms with Crippen molar-refractivity contribution in [1.29, 1.82) is 0 Å². The maximum atomic E-state index is 12.5. The zero-order chi connectivity index (χ0) is 18.0. The molecule has 0 aliphatic rings. The van der Waals surface area contributed by atoms with Crippen molar-refractivity contribution in [1.82, 2.24) is 14.5 Å². The first-order valence-electron chi connectivity index (χ1n) is 7.44. The Morgan fingerprint density at radius 2 is 2.00 bits per heavy atom. The number of fused-ring (bicyclic) bond motifs is 1. The van der Waals surface area contributed by atoms with Gasteiger partial charge in [-0.2, -0.15) is 0 Å². The number of nitrogens with zero attached hydrogens (tertiary/aromatic N) is 3. The molecule has 0 saturated carbocycles. The van der Waals surface area contributed by atoms with Crippen LogP contribution in [0.2, 0.25) is 0 Å². The normalized spacial score (nSPS) is 10.9. The number of carbonyl (C=O) groups is 1. The molecule has 3 rings (SSSR count). The first-order chi connectivity index (χ1) is 12.0. The van der Waals surface area contributed by atoms with Crippen LogP contribution < -0.4 is 5.56 Å². The second kappa shape index (κ2) is 6.70. The number of methoxy groups -OCH3 is 1. The molecule has 0 unspecified atom stereocenters. The second-order valence-corrected chi connectivity index (χ2v) is 5.28. The van der Waals surface area contributed by atoms with Gasteiger partial charge in [-0.15, -0.1) is 0 Å². The summed E-state index contributed by atoms with van der Waals surface area (Å²) in [6.45, 7) is 0.279. The van der Waals surface area contributed by atoms with Crippen molar-refractivity contribution in [2.24, 2.45) is 0 Å². The molecule has 8 nitrogen and oxygen atoms in total. The lowest BCUT2D eigenvalue weighted by Gasteiger charge is -2.13. The van der Waals surface area contributed by atoms with Crippen molar-refractivity contribution in [2.45, 2.75) is 6.54 Å². The number of aromatic carboxylic acids is 1. The molecule has 0 saturated heterocycles. The van der Waals surface area contributed by atoms with Crippen LogP contribution in [0.5, 0.6) is 5.75 Å². The summed E-state index contributed by atoms with van der Waals surface area (Å²) in [5.41, 5.74) is -0.665. The summed E-state index contributed by atoms with van der Waals surface area (Å²) >= 11 is 0. The average Bonchev–Trinajstić information content (AvgIpc) is 2.61. The number of hydrogen-bond acceptors (Lipinski definition) is 6. The van der Waals surface area contributed by atoms with Gasteiger partial charge in [0.2, 0.25) is 0 Å². The molecule has 2 heterocycles. The molecule has 0 spiro atoms. The smallest absolute Gasteiger partial charge is 0.345 e. The lowest BCUT2D eigenvalue weighted by atomic mass is 10.1. The molecule has 0 amide bonds. The first kappa shape index (κ1) is 16.6. The number of carboxylic acid groups (broad SMARTS) is 1. The molecule has 2 N–H and O–H groups in total. The van der Waals surface area contributed by atoms with Crippen molar-refractivity contribution in [3.63, 3.8) is 0 Å². The van der Waals surface area contributed by atoms with Gasteiger partial charge in [0.15, 0.2) is 17.0 Å². The molecule has 8 heteroatoms. The van der Waals surface area contributed by atoms with Crippen molar-refractivity contribution < 1.29 is 19.7 Å². The molecule has 0 bridgehead atoms. The summed E-state index contributed by atoms with van der Waals surface area (Å²) in [6, 6.07) is 9.12.